The molecule has 0 bridgehead atoms. The molecule has 1 amide bonds. The van der Waals surface area contributed by atoms with Gasteiger partial charge in [-0.25, -0.2) is 4.99 Å². The Kier molecular flexibility index (Phi) is 9.62. The SMILES string of the molecule is COc1ccc(CCNC(=NCC(=O)N(C)C)NCCCOCC2CC2)cc1. The number of benzene rings is 1. The largest absolute Gasteiger partial charge is 0.497 e. The second kappa shape index (κ2) is 12.2. The van der Waals surface area contributed by atoms with Crippen LogP contribution in [0.25, 0.3) is 0 Å². The van der Waals surface area contributed by atoms with Crippen molar-refractivity contribution in [3.05, 3.63) is 29.8 Å². The lowest BCUT2D eigenvalue weighted by atomic mass is 10.1. The molecular formula is C21H34N4O3. The Morgan fingerprint density at radius 3 is 2.54 bits per heavy atom. The van der Waals surface area contributed by atoms with Crippen molar-refractivity contribution in [3.8, 4) is 5.75 Å². The summed E-state index contributed by atoms with van der Waals surface area (Å²) in [6.45, 7) is 3.25. The monoisotopic (exact) mass is 390 g/mol. The lowest BCUT2D eigenvalue weighted by Gasteiger charge is -2.14. The molecule has 0 saturated heterocycles. The van der Waals surface area contributed by atoms with Gasteiger partial charge in [0, 0.05) is 40.4 Å². The third-order valence-electron chi connectivity index (χ3n) is 4.54. The van der Waals surface area contributed by atoms with Gasteiger partial charge < -0.3 is 25.0 Å². The fourth-order valence-corrected chi connectivity index (χ4v) is 2.50. The van der Waals surface area contributed by atoms with E-state index >= 15 is 0 Å². The molecule has 0 unspecified atom stereocenters. The van der Waals surface area contributed by atoms with Gasteiger partial charge in [-0.3, -0.25) is 4.79 Å². The number of nitrogens with one attached hydrogen (secondary N) is 2. The molecule has 0 atom stereocenters. The molecule has 1 aromatic rings. The van der Waals surface area contributed by atoms with E-state index in [0.717, 1.165) is 50.8 Å². The second-order valence-corrected chi connectivity index (χ2v) is 7.28. The van der Waals surface area contributed by atoms with Crippen molar-refractivity contribution in [3.63, 3.8) is 0 Å². The van der Waals surface area contributed by atoms with Crippen LogP contribution in [0.5, 0.6) is 5.75 Å². The van der Waals surface area contributed by atoms with Crippen LogP contribution in [0.15, 0.2) is 29.3 Å². The Morgan fingerprint density at radius 2 is 1.89 bits per heavy atom. The number of hydrogen-bond acceptors (Lipinski definition) is 4. The maximum Gasteiger partial charge on any atom is 0.243 e. The van der Waals surface area contributed by atoms with Gasteiger partial charge in [0.25, 0.3) is 0 Å². The van der Waals surface area contributed by atoms with E-state index in [2.05, 4.69) is 27.8 Å². The molecule has 2 rings (SSSR count). The average molecular weight is 391 g/mol. The molecule has 1 aliphatic carbocycles. The predicted molar refractivity (Wildman–Crippen MR) is 112 cm³/mol. The number of carbonyl (C=O) groups is 1. The van der Waals surface area contributed by atoms with E-state index in [1.165, 1.54) is 18.4 Å². The van der Waals surface area contributed by atoms with Gasteiger partial charge >= 0.3 is 0 Å². The fourth-order valence-electron chi connectivity index (χ4n) is 2.50. The zero-order chi connectivity index (χ0) is 20.2. The Morgan fingerprint density at radius 1 is 1.18 bits per heavy atom. The van der Waals surface area contributed by atoms with Crippen LogP contribution in [0.2, 0.25) is 0 Å². The van der Waals surface area contributed by atoms with Crippen molar-refractivity contribution in [2.24, 2.45) is 10.9 Å². The first kappa shape index (κ1) is 22.0. The minimum absolute atomic E-state index is 0.0241. The summed E-state index contributed by atoms with van der Waals surface area (Å²) in [5, 5.41) is 6.60. The molecule has 1 aromatic carbocycles. The normalized spacial score (nSPS) is 13.9. The number of amides is 1. The third-order valence-corrected chi connectivity index (χ3v) is 4.54. The zero-order valence-corrected chi connectivity index (χ0v) is 17.4. The minimum atomic E-state index is -0.0241. The molecule has 0 radical (unpaired) electrons. The van der Waals surface area contributed by atoms with Gasteiger partial charge in [0.05, 0.1) is 7.11 Å². The third kappa shape index (κ3) is 9.08. The molecule has 2 N–H and O–H groups in total. The molecule has 1 saturated carbocycles. The molecule has 1 fully saturated rings. The summed E-state index contributed by atoms with van der Waals surface area (Å²) >= 11 is 0. The Bertz CT molecular complexity index is 613. The molecule has 0 aliphatic heterocycles. The second-order valence-electron chi connectivity index (χ2n) is 7.28. The number of methoxy groups -OCH3 is 1. The molecule has 7 heteroatoms. The van der Waals surface area contributed by atoms with Crippen LogP contribution < -0.4 is 15.4 Å². The Labute approximate surface area is 168 Å². The van der Waals surface area contributed by atoms with Gasteiger partial charge in [-0.2, -0.15) is 0 Å². The number of ether oxygens (including phenoxy) is 2. The summed E-state index contributed by atoms with van der Waals surface area (Å²) in [4.78, 5) is 17.8. The number of rotatable bonds is 12. The van der Waals surface area contributed by atoms with Crippen molar-refractivity contribution >= 4 is 11.9 Å². The van der Waals surface area contributed by atoms with Gasteiger partial charge in [0.1, 0.15) is 12.3 Å². The van der Waals surface area contributed by atoms with E-state index in [4.69, 9.17) is 9.47 Å². The Balaban J connectivity index is 1.73. The molecule has 28 heavy (non-hydrogen) atoms. The summed E-state index contributed by atoms with van der Waals surface area (Å²) in [5.41, 5.74) is 1.21. The van der Waals surface area contributed by atoms with Crippen molar-refractivity contribution in [1.82, 2.24) is 15.5 Å². The zero-order valence-electron chi connectivity index (χ0n) is 17.4. The van der Waals surface area contributed by atoms with E-state index in [9.17, 15) is 4.79 Å². The van der Waals surface area contributed by atoms with Crippen LogP contribution in [0.1, 0.15) is 24.8 Å². The summed E-state index contributed by atoms with van der Waals surface area (Å²) in [6, 6.07) is 8.02. The topological polar surface area (TPSA) is 75.2 Å². The van der Waals surface area contributed by atoms with Crippen LogP contribution >= 0.6 is 0 Å². The number of guanidine groups is 1. The van der Waals surface area contributed by atoms with Gasteiger partial charge in [-0.1, -0.05) is 12.1 Å². The van der Waals surface area contributed by atoms with E-state index in [1.54, 1.807) is 26.1 Å². The molecular weight excluding hydrogens is 356 g/mol. The lowest BCUT2D eigenvalue weighted by molar-refractivity contribution is -0.127. The highest BCUT2D eigenvalue weighted by molar-refractivity contribution is 5.84. The molecule has 7 nitrogen and oxygen atoms in total. The number of carbonyl (C=O) groups excluding carboxylic acids is 1. The van der Waals surface area contributed by atoms with Crippen molar-refractivity contribution in [2.75, 3.05) is 54.1 Å². The smallest absolute Gasteiger partial charge is 0.243 e. The van der Waals surface area contributed by atoms with Crippen molar-refractivity contribution in [2.45, 2.75) is 25.7 Å². The van der Waals surface area contributed by atoms with E-state index in [-0.39, 0.29) is 12.5 Å². The first-order chi connectivity index (χ1) is 13.6. The standard InChI is InChI=1S/C21H34N4O3/c1-25(2)20(26)15-24-21(22-12-4-14-28-16-18-5-6-18)23-13-11-17-7-9-19(27-3)10-8-17/h7-10,18H,4-6,11-16H2,1-3H3,(H2,22,23,24). The van der Waals surface area contributed by atoms with Gasteiger partial charge in [0.15, 0.2) is 5.96 Å². The lowest BCUT2D eigenvalue weighted by Crippen LogP contribution is -2.40. The van der Waals surface area contributed by atoms with Crippen molar-refractivity contribution < 1.29 is 14.3 Å². The van der Waals surface area contributed by atoms with Crippen molar-refractivity contribution in [1.29, 1.82) is 0 Å². The average Bonchev–Trinajstić information content (AvgIpc) is 3.52. The minimum Gasteiger partial charge on any atom is -0.497 e. The molecule has 1 aliphatic rings. The number of likely N-dealkylation sites (N-methyl/N-ethyl adjacent to an activating group) is 1. The quantitative estimate of drug-likeness (QED) is 0.323. The first-order valence-corrected chi connectivity index (χ1v) is 10.0. The highest BCUT2D eigenvalue weighted by atomic mass is 16.5. The van der Waals surface area contributed by atoms with E-state index in [0.29, 0.717) is 5.96 Å². The van der Waals surface area contributed by atoms with Crippen LogP contribution in [0.4, 0.5) is 0 Å². The van der Waals surface area contributed by atoms with Crippen LogP contribution in [-0.2, 0) is 16.0 Å². The van der Waals surface area contributed by atoms with Gasteiger partial charge in [-0.05, 0) is 49.3 Å². The number of nitrogens with zero attached hydrogens (tertiary/aromatic N) is 2. The Hall–Kier alpha value is -2.28. The highest BCUT2D eigenvalue weighted by Crippen LogP contribution is 2.28. The molecule has 0 spiro atoms. The first-order valence-electron chi connectivity index (χ1n) is 10.0. The molecule has 0 heterocycles. The summed E-state index contributed by atoms with van der Waals surface area (Å²) < 4.78 is 10.8. The van der Waals surface area contributed by atoms with E-state index in [1.807, 2.05) is 12.1 Å². The van der Waals surface area contributed by atoms with E-state index < -0.39 is 0 Å². The van der Waals surface area contributed by atoms with Crippen LogP contribution in [0.3, 0.4) is 0 Å². The number of hydrogen-bond donors (Lipinski definition) is 2. The summed E-state index contributed by atoms with van der Waals surface area (Å²) in [6.07, 6.45) is 4.39. The fraction of sp³-hybridized carbons (Fsp3) is 0.619. The van der Waals surface area contributed by atoms with Gasteiger partial charge in [-0.15, -0.1) is 0 Å². The molecule has 0 aromatic heterocycles. The van der Waals surface area contributed by atoms with Crippen LogP contribution in [-0.4, -0.2) is 70.8 Å². The maximum atomic E-state index is 11.8. The highest BCUT2D eigenvalue weighted by Gasteiger charge is 2.20. The predicted octanol–water partition coefficient (Wildman–Crippen LogP) is 1.68. The van der Waals surface area contributed by atoms with Gasteiger partial charge in [0.2, 0.25) is 5.91 Å². The maximum absolute atomic E-state index is 11.8. The van der Waals surface area contributed by atoms with Crippen LogP contribution in [0, 0.1) is 5.92 Å². The molecule has 156 valence electrons. The summed E-state index contributed by atoms with van der Waals surface area (Å²) in [5.74, 6) is 2.28. The summed E-state index contributed by atoms with van der Waals surface area (Å²) in [7, 11) is 5.13. The number of aliphatic imine (C=N–C) groups is 1.